The van der Waals surface area contributed by atoms with Crippen LogP contribution in [0.1, 0.15) is 24.4 Å². The molecule has 0 amide bonds. The first-order valence-electron chi connectivity index (χ1n) is 7.83. The molecule has 0 unspecified atom stereocenters. The Balaban J connectivity index is 2.03. The van der Waals surface area contributed by atoms with Crippen LogP contribution < -0.4 is 5.56 Å². The molecule has 8 nitrogen and oxygen atoms in total. The highest BCUT2D eigenvalue weighted by molar-refractivity contribution is 5.80. The molecular formula is C16H17N7O. The quantitative estimate of drug-likeness (QED) is 0.568. The van der Waals surface area contributed by atoms with Gasteiger partial charge >= 0.3 is 0 Å². The average Bonchev–Trinajstić information content (AvgIpc) is 3.12. The maximum absolute atomic E-state index is 12.7. The Morgan fingerprint density at radius 2 is 1.92 bits per heavy atom. The molecule has 0 atom stereocenters. The van der Waals surface area contributed by atoms with Crippen molar-refractivity contribution in [3.8, 4) is 0 Å². The van der Waals surface area contributed by atoms with Gasteiger partial charge in [-0.1, -0.05) is 12.1 Å². The van der Waals surface area contributed by atoms with E-state index < -0.39 is 0 Å². The van der Waals surface area contributed by atoms with Crippen molar-refractivity contribution in [1.82, 2.24) is 33.9 Å². The zero-order valence-electron chi connectivity index (χ0n) is 13.8. The van der Waals surface area contributed by atoms with Crippen molar-refractivity contribution in [2.75, 3.05) is 0 Å². The van der Waals surface area contributed by atoms with E-state index in [1.165, 1.54) is 0 Å². The van der Waals surface area contributed by atoms with E-state index >= 15 is 0 Å². The van der Waals surface area contributed by atoms with Crippen LogP contribution in [-0.2, 0) is 13.1 Å². The molecule has 4 aromatic rings. The topological polar surface area (TPSA) is 82.9 Å². The Kier molecular flexibility index (Phi) is 3.19. The monoisotopic (exact) mass is 323 g/mol. The van der Waals surface area contributed by atoms with Crippen LogP contribution in [0, 0.1) is 13.8 Å². The predicted molar refractivity (Wildman–Crippen MR) is 89.0 cm³/mol. The molecule has 0 saturated carbocycles. The highest BCUT2D eigenvalue weighted by atomic mass is 16.1. The van der Waals surface area contributed by atoms with E-state index in [2.05, 4.69) is 20.3 Å². The molecule has 0 spiro atoms. The van der Waals surface area contributed by atoms with Gasteiger partial charge in [0, 0.05) is 6.54 Å². The zero-order chi connectivity index (χ0) is 16.8. The van der Waals surface area contributed by atoms with Crippen LogP contribution in [0.15, 0.2) is 29.1 Å². The second kappa shape index (κ2) is 5.26. The fourth-order valence-corrected chi connectivity index (χ4v) is 3.05. The number of hydrogen-bond donors (Lipinski definition) is 0. The van der Waals surface area contributed by atoms with Gasteiger partial charge in [0.05, 0.1) is 10.9 Å². The predicted octanol–water partition coefficient (Wildman–Crippen LogP) is 1.32. The van der Waals surface area contributed by atoms with E-state index in [1.807, 2.05) is 49.4 Å². The third-order valence-electron chi connectivity index (χ3n) is 4.14. The standard InChI is InChI=1S/C16H17N7O/c1-4-21-15(24)12-7-5-6-8-13(12)23-14(18-19-16(21)23)9-22-11(3)17-10(2)20-22/h5-8H,4,9H2,1-3H3. The Hall–Kier alpha value is -3.03. The van der Waals surface area contributed by atoms with Crippen molar-refractivity contribution < 1.29 is 0 Å². The molecule has 24 heavy (non-hydrogen) atoms. The van der Waals surface area contributed by atoms with E-state index in [4.69, 9.17) is 0 Å². The summed E-state index contributed by atoms with van der Waals surface area (Å²) in [6, 6.07) is 7.52. The van der Waals surface area contributed by atoms with E-state index in [0.717, 1.165) is 23.0 Å². The average molecular weight is 323 g/mol. The fourth-order valence-electron chi connectivity index (χ4n) is 3.05. The van der Waals surface area contributed by atoms with E-state index in [-0.39, 0.29) is 5.56 Å². The molecule has 3 heterocycles. The number of aromatic nitrogens is 7. The number of para-hydroxylation sites is 1. The lowest BCUT2D eigenvalue weighted by atomic mass is 10.2. The van der Waals surface area contributed by atoms with Crippen LogP contribution in [0.3, 0.4) is 0 Å². The summed E-state index contributed by atoms with van der Waals surface area (Å²) in [4.78, 5) is 17.0. The number of fused-ring (bicyclic) bond motifs is 3. The largest absolute Gasteiger partial charge is 0.277 e. The fraction of sp³-hybridized carbons (Fsp3) is 0.312. The first-order chi connectivity index (χ1) is 11.6. The summed E-state index contributed by atoms with van der Waals surface area (Å²) in [7, 11) is 0. The summed E-state index contributed by atoms with van der Waals surface area (Å²) in [6.45, 7) is 6.67. The van der Waals surface area contributed by atoms with Crippen LogP contribution in [-0.4, -0.2) is 33.9 Å². The third kappa shape index (κ3) is 2.03. The second-order valence-corrected chi connectivity index (χ2v) is 5.68. The number of nitrogens with zero attached hydrogens (tertiary/aromatic N) is 7. The number of aryl methyl sites for hydroxylation is 3. The maximum Gasteiger partial charge on any atom is 0.262 e. The van der Waals surface area contributed by atoms with Crippen molar-refractivity contribution in [1.29, 1.82) is 0 Å². The van der Waals surface area contributed by atoms with Crippen LogP contribution in [0.2, 0.25) is 0 Å². The normalized spacial score (nSPS) is 11.6. The van der Waals surface area contributed by atoms with Gasteiger partial charge in [0.25, 0.3) is 5.56 Å². The smallest absolute Gasteiger partial charge is 0.262 e. The summed E-state index contributed by atoms with van der Waals surface area (Å²) in [6.07, 6.45) is 0. The first kappa shape index (κ1) is 14.6. The molecule has 122 valence electrons. The number of rotatable bonds is 3. The maximum atomic E-state index is 12.7. The summed E-state index contributed by atoms with van der Waals surface area (Å²) in [5.74, 6) is 2.80. The molecule has 0 saturated heterocycles. The summed E-state index contributed by atoms with van der Waals surface area (Å²) >= 11 is 0. The molecule has 0 fully saturated rings. The molecule has 0 bridgehead atoms. The molecule has 0 N–H and O–H groups in total. The molecule has 0 radical (unpaired) electrons. The van der Waals surface area contributed by atoms with Gasteiger partial charge in [0.2, 0.25) is 5.78 Å². The molecule has 4 rings (SSSR count). The Morgan fingerprint density at radius 3 is 2.62 bits per heavy atom. The Morgan fingerprint density at radius 1 is 1.12 bits per heavy atom. The van der Waals surface area contributed by atoms with Crippen molar-refractivity contribution in [2.45, 2.75) is 33.9 Å². The minimum atomic E-state index is -0.0488. The summed E-state index contributed by atoms with van der Waals surface area (Å²) in [5, 5.41) is 13.6. The van der Waals surface area contributed by atoms with Crippen LogP contribution >= 0.6 is 0 Å². The second-order valence-electron chi connectivity index (χ2n) is 5.68. The first-order valence-corrected chi connectivity index (χ1v) is 7.83. The summed E-state index contributed by atoms with van der Waals surface area (Å²) < 4.78 is 5.36. The van der Waals surface area contributed by atoms with Gasteiger partial charge < -0.3 is 0 Å². The molecular weight excluding hydrogens is 306 g/mol. The lowest BCUT2D eigenvalue weighted by Gasteiger charge is -2.09. The van der Waals surface area contributed by atoms with E-state index in [0.29, 0.717) is 24.3 Å². The van der Waals surface area contributed by atoms with Gasteiger partial charge in [-0.15, -0.1) is 10.2 Å². The lowest BCUT2D eigenvalue weighted by Crippen LogP contribution is -2.23. The molecule has 0 aliphatic heterocycles. The molecule has 0 aliphatic carbocycles. The molecule has 1 aromatic carbocycles. The van der Waals surface area contributed by atoms with Crippen molar-refractivity contribution in [3.05, 3.63) is 52.1 Å². The number of hydrogen-bond acceptors (Lipinski definition) is 5. The van der Waals surface area contributed by atoms with Gasteiger partial charge in [-0.2, -0.15) is 5.10 Å². The van der Waals surface area contributed by atoms with Gasteiger partial charge in [-0.25, -0.2) is 9.67 Å². The van der Waals surface area contributed by atoms with Gasteiger partial charge in [-0.05, 0) is 32.9 Å². The molecule has 0 aliphatic rings. The van der Waals surface area contributed by atoms with E-state index in [1.54, 1.807) is 9.25 Å². The zero-order valence-corrected chi connectivity index (χ0v) is 13.8. The molecule has 8 heteroatoms. The Bertz CT molecular complexity index is 1120. The number of benzene rings is 1. The lowest BCUT2D eigenvalue weighted by molar-refractivity contribution is 0.625. The minimum Gasteiger partial charge on any atom is -0.277 e. The van der Waals surface area contributed by atoms with Crippen molar-refractivity contribution in [2.24, 2.45) is 0 Å². The van der Waals surface area contributed by atoms with Crippen LogP contribution in [0.25, 0.3) is 16.7 Å². The van der Waals surface area contributed by atoms with Gasteiger partial charge in [0.1, 0.15) is 18.2 Å². The van der Waals surface area contributed by atoms with E-state index in [9.17, 15) is 4.79 Å². The highest BCUT2D eigenvalue weighted by Crippen LogP contribution is 2.15. The highest BCUT2D eigenvalue weighted by Gasteiger charge is 2.16. The molecule has 3 aromatic heterocycles. The summed E-state index contributed by atoms with van der Waals surface area (Å²) in [5.41, 5.74) is 0.754. The Labute approximate surface area is 137 Å². The van der Waals surface area contributed by atoms with Gasteiger partial charge in [-0.3, -0.25) is 13.8 Å². The van der Waals surface area contributed by atoms with Crippen molar-refractivity contribution >= 4 is 16.7 Å². The van der Waals surface area contributed by atoms with Crippen LogP contribution in [0.5, 0.6) is 0 Å². The van der Waals surface area contributed by atoms with Crippen molar-refractivity contribution in [3.63, 3.8) is 0 Å². The minimum absolute atomic E-state index is 0.0488. The van der Waals surface area contributed by atoms with Gasteiger partial charge in [0.15, 0.2) is 5.82 Å². The SMILES string of the molecule is CCn1c(=O)c2ccccc2n2c(Cn3nc(C)nc3C)nnc12. The third-order valence-corrected chi connectivity index (χ3v) is 4.14. The van der Waals surface area contributed by atoms with Crippen LogP contribution in [0.4, 0.5) is 0 Å².